The van der Waals surface area contributed by atoms with Gasteiger partial charge < -0.3 is 14.6 Å². The molecule has 1 amide bonds. The minimum absolute atomic E-state index is 0.249. The molecule has 4 heterocycles. The molecule has 0 bridgehead atoms. The van der Waals surface area contributed by atoms with Crippen molar-refractivity contribution < 1.29 is 4.79 Å². The van der Waals surface area contributed by atoms with E-state index in [2.05, 4.69) is 20.2 Å². The summed E-state index contributed by atoms with van der Waals surface area (Å²) >= 11 is 0. The van der Waals surface area contributed by atoms with Crippen LogP contribution in [-0.4, -0.2) is 38.3 Å². The molecule has 0 atom stereocenters. The van der Waals surface area contributed by atoms with Gasteiger partial charge in [-0.15, -0.1) is 0 Å². The van der Waals surface area contributed by atoms with Crippen molar-refractivity contribution in [2.45, 2.75) is 19.8 Å². The van der Waals surface area contributed by atoms with Crippen molar-refractivity contribution >= 4 is 23.1 Å². The fourth-order valence-electron chi connectivity index (χ4n) is 3.83. The standard InChI is InChI=1S/C23H22N6O/c1-16-6-5-11-29-14-20(27-22(16)29)17-7-4-8-18(12-17)26-23(30)19-13-21(25-15-24-19)28-9-2-3-10-28/h4-8,11-15H,2-3,9-10H2,1H3,(H,26,30). The molecule has 0 spiro atoms. The van der Waals surface area contributed by atoms with Gasteiger partial charge in [0.05, 0.1) is 5.69 Å². The molecule has 150 valence electrons. The van der Waals surface area contributed by atoms with E-state index in [1.54, 1.807) is 6.07 Å². The average Bonchev–Trinajstić information content (AvgIpc) is 3.45. The molecule has 1 aliphatic heterocycles. The highest BCUT2D eigenvalue weighted by molar-refractivity contribution is 6.03. The molecule has 1 N–H and O–H groups in total. The van der Waals surface area contributed by atoms with Gasteiger partial charge in [-0.25, -0.2) is 15.0 Å². The molecule has 0 unspecified atom stereocenters. The number of anilines is 2. The number of amides is 1. The van der Waals surface area contributed by atoms with Crippen LogP contribution in [0, 0.1) is 6.92 Å². The highest BCUT2D eigenvalue weighted by Crippen LogP contribution is 2.24. The predicted octanol–water partition coefficient (Wildman–Crippen LogP) is 3.95. The summed E-state index contributed by atoms with van der Waals surface area (Å²) in [7, 11) is 0. The lowest BCUT2D eigenvalue weighted by Crippen LogP contribution is -2.21. The number of nitrogens with zero attached hydrogens (tertiary/aromatic N) is 5. The van der Waals surface area contributed by atoms with Crippen LogP contribution >= 0.6 is 0 Å². The molecule has 1 aromatic carbocycles. The number of aromatic nitrogens is 4. The van der Waals surface area contributed by atoms with Gasteiger partial charge in [0, 0.05) is 42.8 Å². The number of nitrogens with one attached hydrogen (secondary N) is 1. The molecule has 0 saturated carbocycles. The lowest BCUT2D eigenvalue weighted by molar-refractivity contribution is 0.102. The van der Waals surface area contributed by atoms with E-state index in [1.165, 1.54) is 6.33 Å². The van der Waals surface area contributed by atoms with Gasteiger partial charge in [0.15, 0.2) is 0 Å². The maximum absolute atomic E-state index is 12.8. The molecule has 7 nitrogen and oxygen atoms in total. The van der Waals surface area contributed by atoms with Crippen LogP contribution in [0.25, 0.3) is 16.9 Å². The van der Waals surface area contributed by atoms with Crippen molar-refractivity contribution in [3.8, 4) is 11.3 Å². The van der Waals surface area contributed by atoms with Gasteiger partial charge in [-0.1, -0.05) is 18.2 Å². The van der Waals surface area contributed by atoms with E-state index in [9.17, 15) is 4.79 Å². The summed E-state index contributed by atoms with van der Waals surface area (Å²) in [5.41, 5.74) is 4.91. The Kier molecular flexibility index (Phi) is 4.63. The number of hydrogen-bond acceptors (Lipinski definition) is 5. The fourth-order valence-corrected chi connectivity index (χ4v) is 3.83. The van der Waals surface area contributed by atoms with Gasteiger partial charge in [-0.05, 0) is 43.5 Å². The molecule has 30 heavy (non-hydrogen) atoms. The van der Waals surface area contributed by atoms with Crippen molar-refractivity contribution in [3.05, 3.63) is 72.4 Å². The van der Waals surface area contributed by atoms with Gasteiger partial charge >= 0.3 is 0 Å². The SMILES string of the molecule is Cc1cccn2cc(-c3cccc(NC(=O)c4cc(N5CCCC5)ncn4)c3)nc12. The Morgan fingerprint density at radius 2 is 1.93 bits per heavy atom. The van der Waals surface area contributed by atoms with Crippen molar-refractivity contribution in [1.29, 1.82) is 0 Å². The molecule has 7 heteroatoms. The van der Waals surface area contributed by atoms with Crippen LogP contribution in [0.1, 0.15) is 28.9 Å². The number of aryl methyl sites for hydroxylation is 1. The molecule has 0 aliphatic carbocycles. The lowest BCUT2D eigenvalue weighted by atomic mass is 10.1. The highest BCUT2D eigenvalue weighted by Gasteiger charge is 2.16. The van der Waals surface area contributed by atoms with Crippen molar-refractivity contribution in [3.63, 3.8) is 0 Å². The molecular formula is C23H22N6O. The Labute approximate surface area is 174 Å². The monoisotopic (exact) mass is 398 g/mol. The number of carbonyl (C=O) groups excluding carboxylic acids is 1. The van der Waals surface area contributed by atoms with E-state index >= 15 is 0 Å². The second kappa shape index (κ2) is 7.59. The van der Waals surface area contributed by atoms with Crippen LogP contribution < -0.4 is 10.2 Å². The van der Waals surface area contributed by atoms with E-state index in [-0.39, 0.29) is 5.91 Å². The van der Waals surface area contributed by atoms with Gasteiger partial charge in [0.25, 0.3) is 5.91 Å². The van der Waals surface area contributed by atoms with Crippen molar-refractivity contribution in [2.75, 3.05) is 23.3 Å². The van der Waals surface area contributed by atoms with E-state index in [1.807, 2.05) is 60.1 Å². The molecule has 1 saturated heterocycles. The van der Waals surface area contributed by atoms with E-state index in [4.69, 9.17) is 4.98 Å². The fraction of sp³-hybridized carbons (Fsp3) is 0.217. The maximum atomic E-state index is 12.8. The van der Waals surface area contributed by atoms with Crippen LogP contribution in [0.4, 0.5) is 11.5 Å². The molecule has 5 rings (SSSR count). The third-order valence-electron chi connectivity index (χ3n) is 5.41. The highest BCUT2D eigenvalue weighted by atomic mass is 16.1. The zero-order chi connectivity index (χ0) is 20.5. The number of pyridine rings is 1. The molecular weight excluding hydrogens is 376 g/mol. The summed E-state index contributed by atoms with van der Waals surface area (Å²) in [5, 5.41) is 2.95. The van der Waals surface area contributed by atoms with E-state index in [0.717, 1.165) is 54.2 Å². The molecule has 4 aromatic rings. The van der Waals surface area contributed by atoms with Gasteiger partial charge in [0.2, 0.25) is 0 Å². The Morgan fingerprint density at radius 1 is 1.07 bits per heavy atom. The molecule has 0 radical (unpaired) electrons. The summed E-state index contributed by atoms with van der Waals surface area (Å²) < 4.78 is 2.01. The van der Waals surface area contributed by atoms with E-state index < -0.39 is 0 Å². The minimum atomic E-state index is -0.249. The molecule has 3 aromatic heterocycles. The van der Waals surface area contributed by atoms with Crippen LogP contribution in [0.5, 0.6) is 0 Å². The average molecular weight is 398 g/mol. The first-order valence-electron chi connectivity index (χ1n) is 10.1. The van der Waals surface area contributed by atoms with Gasteiger partial charge in [-0.3, -0.25) is 4.79 Å². The second-order valence-electron chi connectivity index (χ2n) is 7.54. The summed E-state index contributed by atoms with van der Waals surface area (Å²) in [6.45, 7) is 3.98. The summed E-state index contributed by atoms with van der Waals surface area (Å²) in [6.07, 6.45) is 7.74. The van der Waals surface area contributed by atoms with Crippen molar-refractivity contribution in [2.24, 2.45) is 0 Å². The third-order valence-corrected chi connectivity index (χ3v) is 5.41. The van der Waals surface area contributed by atoms with Crippen molar-refractivity contribution in [1.82, 2.24) is 19.4 Å². The summed E-state index contributed by atoms with van der Waals surface area (Å²) in [4.78, 5) is 28.2. The lowest BCUT2D eigenvalue weighted by Gasteiger charge is -2.16. The first-order chi connectivity index (χ1) is 14.7. The van der Waals surface area contributed by atoms with Crippen LogP contribution in [0.3, 0.4) is 0 Å². The maximum Gasteiger partial charge on any atom is 0.274 e. The minimum Gasteiger partial charge on any atom is -0.357 e. The number of benzene rings is 1. The Bertz CT molecular complexity index is 1230. The van der Waals surface area contributed by atoms with Crippen LogP contribution in [0.2, 0.25) is 0 Å². The zero-order valence-corrected chi connectivity index (χ0v) is 16.7. The number of carbonyl (C=O) groups is 1. The summed E-state index contributed by atoms with van der Waals surface area (Å²) in [5.74, 6) is 0.558. The van der Waals surface area contributed by atoms with Crippen LogP contribution in [0.15, 0.2) is 61.2 Å². The largest absolute Gasteiger partial charge is 0.357 e. The Balaban J connectivity index is 1.38. The number of imidazole rings is 1. The smallest absolute Gasteiger partial charge is 0.274 e. The van der Waals surface area contributed by atoms with Gasteiger partial charge in [-0.2, -0.15) is 0 Å². The van der Waals surface area contributed by atoms with Crippen LogP contribution in [-0.2, 0) is 0 Å². The first-order valence-corrected chi connectivity index (χ1v) is 10.1. The molecule has 1 fully saturated rings. The van der Waals surface area contributed by atoms with Gasteiger partial charge in [0.1, 0.15) is 23.5 Å². The quantitative estimate of drug-likeness (QED) is 0.563. The normalized spacial score (nSPS) is 13.7. The summed E-state index contributed by atoms with van der Waals surface area (Å²) in [6, 6.07) is 13.5. The first kappa shape index (κ1) is 18.3. The third kappa shape index (κ3) is 3.50. The Hall–Kier alpha value is -3.74. The number of rotatable bonds is 4. The second-order valence-corrected chi connectivity index (χ2v) is 7.54. The zero-order valence-electron chi connectivity index (χ0n) is 16.7. The Morgan fingerprint density at radius 3 is 2.77 bits per heavy atom. The number of hydrogen-bond donors (Lipinski definition) is 1. The number of fused-ring (bicyclic) bond motifs is 1. The predicted molar refractivity (Wildman–Crippen MR) is 117 cm³/mol. The topological polar surface area (TPSA) is 75.4 Å². The molecule has 1 aliphatic rings. The van der Waals surface area contributed by atoms with E-state index in [0.29, 0.717) is 11.4 Å².